The van der Waals surface area contributed by atoms with Crippen LogP contribution in [0.2, 0.25) is 0 Å². The first-order valence-electron chi connectivity index (χ1n) is 7.88. The first-order valence-corrected chi connectivity index (χ1v) is 7.88. The van der Waals surface area contributed by atoms with Gasteiger partial charge in [0.05, 0.1) is 24.9 Å². The van der Waals surface area contributed by atoms with Gasteiger partial charge in [-0.25, -0.2) is 0 Å². The molecule has 2 aromatic rings. The van der Waals surface area contributed by atoms with Gasteiger partial charge in [-0.1, -0.05) is 28.9 Å². The molecule has 1 aliphatic heterocycles. The minimum atomic E-state index is -0.128. The van der Waals surface area contributed by atoms with Gasteiger partial charge in [0.2, 0.25) is 5.76 Å². The maximum atomic E-state index is 12.7. The Balaban J connectivity index is 1.84. The van der Waals surface area contributed by atoms with Crippen molar-refractivity contribution in [3.05, 3.63) is 52.4 Å². The number of carbonyl (C=O) groups excluding carboxylic acids is 1. The highest BCUT2D eigenvalue weighted by Crippen LogP contribution is 2.29. The average molecular weight is 314 g/mol. The Kier molecular flexibility index (Phi) is 4.22. The van der Waals surface area contributed by atoms with Gasteiger partial charge in [0.25, 0.3) is 5.91 Å². The fourth-order valence-corrected chi connectivity index (χ4v) is 2.94. The molecule has 122 valence electrons. The molecule has 1 fully saturated rings. The second-order valence-corrected chi connectivity index (χ2v) is 6.32. The summed E-state index contributed by atoms with van der Waals surface area (Å²) in [6.07, 6.45) is -0.112. The summed E-state index contributed by atoms with van der Waals surface area (Å²) < 4.78 is 11.1. The third-order valence-corrected chi connectivity index (χ3v) is 4.31. The van der Waals surface area contributed by atoms with Crippen LogP contribution < -0.4 is 0 Å². The Hall–Kier alpha value is -2.14. The molecule has 0 bridgehead atoms. The summed E-state index contributed by atoms with van der Waals surface area (Å²) >= 11 is 0. The summed E-state index contributed by atoms with van der Waals surface area (Å²) in [7, 11) is 0. The van der Waals surface area contributed by atoms with Crippen LogP contribution in [0.15, 0.2) is 28.8 Å². The van der Waals surface area contributed by atoms with Crippen LogP contribution in [0.1, 0.15) is 46.0 Å². The second-order valence-electron chi connectivity index (χ2n) is 6.32. The van der Waals surface area contributed by atoms with Crippen LogP contribution >= 0.6 is 0 Å². The molecular weight excluding hydrogens is 292 g/mol. The summed E-state index contributed by atoms with van der Waals surface area (Å²) in [4.78, 5) is 14.5. The summed E-state index contributed by atoms with van der Waals surface area (Å²) in [6.45, 7) is 8.96. The molecule has 3 rings (SSSR count). The van der Waals surface area contributed by atoms with E-state index in [-0.39, 0.29) is 23.8 Å². The van der Waals surface area contributed by atoms with Gasteiger partial charge >= 0.3 is 0 Å². The molecule has 0 spiro atoms. The van der Waals surface area contributed by atoms with Gasteiger partial charge in [0.1, 0.15) is 6.10 Å². The van der Waals surface area contributed by atoms with Crippen LogP contribution in [0.4, 0.5) is 0 Å². The molecule has 0 saturated carbocycles. The van der Waals surface area contributed by atoms with Crippen LogP contribution in [-0.2, 0) is 4.74 Å². The molecule has 2 atom stereocenters. The van der Waals surface area contributed by atoms with Crippen molar-refractivity contribution in [2.24, 2.45) is 0 Å². The molecule has 0 N–H and O–H groups in total. The van der Waals surface area contributed by atoms with Gasteiger partial charge in [-0.05, 0) is 38.8 Å². The van der Waals surface area contributed by atoms with Crippen LogP contribution in [0.3, 0.4) is 0 Å². The lowest BCUT2D eigenvalue weighted by Crippen LogP contribution is -2.48. The van der Waals surface area contributed by atoms with Gasteiger partial charge < -0.3 is 14.2 Å². The van der Waals surface area contributed by atoms with Crippen molar-refractivity contribution >= 4 is 5.91 Å². The Morgan fingerprint density at radius 2 is 2.04 bits per heavy atom. The third kappa shape index (κ3) is 3.15. The summed E-state index contributed by atoms with van der Waals surface area (Å²) in [5.74, 6) is 0.160. The largest absolute Gasteiger partial charge is 0.370 e. The zero-order chi connectivity index (χ0) is 16.6. The maximum Gasteiger partial charge on any atom is 0.292 e. The van der Waals surface area contributed by atoms with E-state index >= 15 is 0 Å². The summed E-state index contributed by atoms with van der Waals surface area (Å²) in [6, 6.07) is 8.01. The van der Waals surface area contributed by atoms with Crippen LogP contribution in [0.5, 0.6) is 0 Å². The maximum absolute atomic E-state index is 12.7. The van der Waals surface area contributed by atoms with Crippen molar-refractivity contribution < 1.29 is 14.1 Å². The van der Waals surface area contributed by atoms with Crippen LogP contribution in [-0.4, -0.2) is 35.2 Å². The smallest absolute Gasteiger partial charge is 0.292 e. The molecule has 2 heterocycles. The standard InChI is InChI=1S/C18H22N2O3/c1-11-5-6-12(2)15(7-11)17-9-20(14(4)10-22-17)18(21)16-8-13(3)19-23-16/h5-8,14,17H,9-10H2,1-4H3/t14-,17+/m0/s1. The number of nitrogens with zero attached hydrogens (tertiary/aromatic N) is 2. The number of aromatic nitrogens is 1. The van der Waals surface area contributed by atoms with Crippen molar-refractivity contribution in [2.45, 2.75) is 39.8 Å². The Bertz CT molecular complexity index is 723. The van der Waals surface area contributed by atoms with E-state index in [0.717, 1.165) is 5.56 Å². The van der Waals surface area contributed by atoms with E-state index in [1.165, 1.54) is 11.1 Å². The molecule has 5 nitrogen and oxygen atoms in total. The predicted octanol–water partition coefficient (Wildman–Crippen LogP) is 3.20. The van der Waals surface area contributed by atoms with Crippen molar-refractivity contribution in [1.29, 1.82) is 0 Å². The van der Waals surface area contributed by atoms with E-state index in [9.17, 15) is 4.79 Å². The van der Waals surface area contributed by atoms with Gasteiger partial charge in [-0.15, -0.1) is 0 Å². The van der Waals surface area contributed by atoms with Gasteiger partial charge in [0.15, 0.2) is 0 Å². The number of carbonyl (C=O) groups is 1. The number of amides is 1. The number of ether oxygens (including phenoxy) is 1. The number of benzene rings is 1. The molecule has 1 aromatic carbocycles. The molecule has 1 amide bonds. The van der Waals surface area contributed by atoms with E-state index in [4.69, 9.17) is 9.26 Å². The number of rotatable bonds is 2. The lowest BCUT2D eigenvalue weighted by atomic mass is 9.98. The molecule has 23 heavy (non-hydrogen) atoms. The Morgan fingerprint density at radius 3 is 2.74 bits per heavy atom. The van der Waals surface area contributed by atoms with E-state index in [2.05, 4.69) is 37.2 Å². The predicted molar refractivity (Wildman–Crippen MR) is 86.3 cm³/mol. The molecule has 0 aliphatic carbocycles. The van der Waals surface area contributed by atoms with Crippen molar-refractivity contribution in [2.75, 3.05) is 13.2 Å². The molecule has 0 radical (unpaired) electrons. The molecule has 1 saturated heterocycles. The van der Waals surface area contributed by atoms with E-state index in [1.54, 1.807) is 6.07 Å². The van der Waals surface area contributed by atoms with Gasteiger partial charge in [-0.2, -0.15) is 0 Å². The van der Waals surface area contributed by atoms with Gasteiger partial charge in [-0.3, -0.25) is 4.79 Å². The highest BCUT2D eigenvalue weighted by atomic mass is 16.5. The lowest BCUT2D eigenvalue weighted by molar-refractivity contribution is -0.0499. The topological polar surface area (TPSA) is 55.6 Å². The monoisotopic (exact) mass is 314 g/mol. The first kappa shape index (κ1) is 15.7. The van der Waals surface area contributed by atoms with Crippen LogP contribution in [0.25, 0.3) is 0 Å². The molecular formula is C18H22N2O3. The first-order chi connectivity index (χ1) is 11.0. The van der Waals surface area contributed by atoms with E-state index in [1.807, 2.05) is 18.7 Å². The fraction of sp³-hybridized carbons (Fsp3) is 0.444. The normalized spacial score (nSPS) is 21.5. The van der Waals surface area contributed by atoms with Crippen LogP contribution in [0, 0.1) is 20.8 Å². The number of aryl methyl sites for hydroxylation is 3. The number of hydrogen-bond acceptors (Lipinski definition) is 4. The summed E-state index contributed by atoms with van der Waals surface area (Å²) in [5.41, 5.74) is 4.22. The summed E-state index contributed by atoms with van der Waals surface area (Å²) in [5, 5.41) is 3.81. The Labute approximate surface area is 136 Å². The zero-order valence-corrected chi connectivity index (χ0v) is 14.0. The average Bonchev–Trinajstić information content (AvgIpc) is 2.96. The molecule has 5 heteroatoms. The SMILES string of the molecule is Cc1ccc(C)c([C@H]2CN(C(=O)c3cc(C)no3)[C@@H](C)CO2)c1. The minimum Gasteiger partial charge on any atom is -0.370 e. The van der Waals surface area contributed by atoms with Gasteiger partial charge in [0, 0.05) is 6.07 Å². The highest BCUT2D eigenvalue weighted by Gasteiger charge is 2.33. The number of hydrogen-bond donors (Lipinski definition) is 0. The fourth-order valence-electron chi connectivity index (χ4n) is 2.94. The zero-order valence-electron chi connectivity index (χ0n) is 14.0. The molecule has 1 aromatic heterocycles. The lowest BCUT2D eigenvalue weighted by Gasteiger charge is -2.38. The second kappa shape index (κ2) is 6.16. The van der Waals surface area contributed by atoms with E-state index < -0.39 is 0 Å². The van der Waals surface area contributed by atoms with Crippen molar-refractivity contribution in [3.63, 3.8) is 0 Å². The quantitative estimate of drug-likeness (QED) is 0.854. The highest BCUT2D eigenvalue weighted by molar-refractivity contribution is 5.91. The molecule has 1 aliphatic rings. The molecule has 0 unspecified atom stereocenters. The van der Waals surface area contributed by atoms with E-state index in [0.29, 0.717) is 18.8 Å². The minimum absolute atomic E-state index is 0.00858. The number of morpholine rings is 1. The van der Waals surface area contributed by atoms with Crippen molar-refractivity contribution in [1.82, 2.24) is 10.1 Å². The van der Waals surface area contributed by atoms with Crippen molar-refractivity contribution in [3.8, 4) is 0 Å². The Morgan fingerprint density at radius 1 is 1.26 bits per heavy atom. The third-order valence-electron chi connectivity index (χ3n) is 4.31.